The number of aliphatic hydroxyl groups is 1. The van der Waals surface area contributed by atoms with Gasteiger partial charge in [-0.25, -0.2) is 0 Å². The van der Waals surface area contributed by atoms with Crippen LogP contribution in [-0.4, -0.2) is 41.8 Å². The third kappa shape index (κ3) is 2.27. The van der Waals surface area contributed by atoms with E-state index in [9.17, 15) is 5.11 Å². The van der Waals surface area contributed by atoms with Gasteiger partial charge in [0.05, 0.1) is 6.61 Å². The van der Waals surface area contributed by atoms with E-state index >= 15 is 0 Å². The first-order valence-electron chi connectivity index (χ1n) is 6.33. The molecular formula is C13H19NO2S. The minimum atomic E-state index is -0.471. The predicted octanol–water partition coefficient (Wildman–Crippen LogP) is 1.95. The third-order valence-electron chi connectivity index (χ3n) is 3.86. The van der Waals surface area contributed by atoms with Crippen molar-refractivity contribution in [2.45, 2.75) is 38.0 Å². The van der Waals surface area contributed by atoms with Crippen molar-refractivity contribution in [3.05, 3.63) is 21.9 Å². The van der Waals surface area contributed by atoms with Crippen molar-refractivity contribution in [1.29, 1.82) is 0 Å². The average molecular weight is 253 g/mol. The van der Waals surface area contributed by atoms with E-state index in [1.54, 1.807) is 11.3 Å². The summed E-state index contributed by atoms with van der Waals surface area (Å²) in [6, 6.07) is 2.66. The van der Waals surface area contributed by atoms with Gasteiger partial charge >= 0.3 is 0 Å². The second kappa shape index (κ2) is 4.69. The number of thiophene rings is 1. The first-order valence-corrected chi connectivity index (χ1v) is 7.21. The zero-order chi connectivity index (χ0) is 11.8. The van der Waals surface area contributed by atoms with Crippen LogP contribution in [0, 0.1) is 6.92 Å². The highest BCUT2D eigenvalue weighted by atomic mass is 32.1. The number of hydrogen-bond acceptors (Lipinski definition) is 4. The molecule has 0 bridgehead atoms. The first-order chi connectivity index (χ1) is 8.24. The van der Waals surface area contributed by atoms with Crippen molar-refractivity contribution >= 4 is 11.3 Å². The molecule has 0 saturated carbocycles. The van der Waals surface area contributed by atoms with Crippen LogP contribution < -0.4 is 0 Å². The van der Waals surface area contributed by atoms with Gasteiger partial charge in [-0.3, -0.25) is 4.90 Å². The Bertz CT molecular complexity index is 393. The summed E-state index contributed by atoms with van der Waals surface area (Å²) >= 11 is 1.69. The van der Waals surface area contributed by atoms with Crippen LogP contribution >= 0.6 is 11.3 Å². The van der Waals surface area contributed by atoms with Crippen LogP contribution in [0.5, 0.6) is 0 Å². The standard InChI is InChI=1S/C13H19NO2S/c1-9-5-10(8-17-9)13(15)12-6-14-4-2-3-11(14)7-16-12/h5,8,11-13,15H,2-4,6-7H2,1H3. The molecule has 3 rings (SSSR count). The van der Waals surface area contributed by atoms with E-state index in [4.69, 9.17) is 4.74 Å². The number of nitrogens with zero attached hydrogens (tertiary/aromatic N) is 1. The highest BCUT2D eigenvalue weighted by Crippen LogP contribution is 2.30. The first kappa shape index (κ1) is 11.7. The van der Waals surface area contributed by atoms with E-state index in [0.29, 0.717) is 6.04 Å². The Morgan fingerprint density at radius 3 is 3.24 bits per heavy atom. The molecule has 2 saturated heterocycles. The molecule has 0 amide bonds. The monoisotopic (exact) mass is 253 g/mol. The molecule has 0 spiro atoms. The van der Waals surface area contributed by atoms with Crippen molar-refractivity contribution in [3.8, 4) is 0 Å². The van der Waals surface area contributed by atoms with E-state index < -0.39 is 6.10 Å². The van der Waals surface area contributed by atoms with Crippen molar-refractivity contribution in [2.24, 2.45) is 0 Å². The van der Waals surface area contributed by atoms with Crippen LogP contribution in [0.3, 0.4) is 0 Å². The SMILES string of the molecule is Cc1cc(C(O)C2CN3CCCC3CO2)cs1. The molecule has 0 aromatic carbocycles. The van der Waals surface area contributed by atoms with Gasteiger partial charge in [0.25, 0.3) is 0 Å². The molecule has 0 radical (unpaired) electrons. The van der Waals surface area contributed by atoms with Crippen LogP contribution in [0.4, 0.5) is 0 Å². The fourth-order valence-corrected chi connectivity index (χ4v) is 3.60. The zero-order valence-electron chi connectivity index (χ0n) is 10.1. The van der Waals surface area contributed by atoms with Crippen molar-refractivity contribution in [3.63, 3.8) is 0 Å². The van der Waals surface area contributed by atoms with Gasteiger partial charge in [0, 0.05) is 17.5 Å². The average Bonchev–Trinajstić information content (AvgIpc) is 2.95. The van der Waals surface area contributed by atoms with E-state index in [1.807, 2.05) is 5.38 Å². The summed E-state index contributed by atoms with van der Waals surface area (Å²) in [5.41, 5.74) is 1.01. The Morgan fingerprint density at radius 1 is 1.59 bits per heavy atom. The fraction of sp³-hybridized carbons (Fsp3) is 0.692. The summed E-state index contributed by atoms with van der Waals surface area (Å²) in [6.45, 7) is 4.89. The molecule has 0 aliphatic carbocycles. The molecule has 2 fully saturated rings. The second-order valence-electron chi connectivity index (χ2n) is 5.10. The van der Waals surface area contributed by atoms with Gasteiger partial charge in [0.1, 0.15) is 12.2 Å². The second-order valence-corrected chi connectivity index (χ2v) is 6.21. The number of aryl methyl sites for hydroxylation is 1. The molecule has 1 N–H and O–H groups in total. The molecule has 3 nitrogen and oxygen atoms in total. The molecule has 1 aromatic heterocycles. The maximum absolute atomic E-state index is 10.3. The quantitative estimate of drug-likeness (QED) is 0.874. The Labute approximate surface area is 106 Å². The molecule has 4 heteroatoms. The molecule has 3 heterocycles. The highest BCUT2D eigenvalue weighted by molar-refractivity contribution is 7.10. The third-order valence-corrected chi connectivity index (χ3v) is 4.74. The van der Waals surface area contributed by atoms with Gasteiger partial charge < -0.3 is 9.84 Å². The van der Waals surface area contributed by atoms with Gasteiger partial charge in [0.2, 0.25) is 0 Å². The summed E-state index contributed by atoms with van der Waals surface area (Å²) < 4.78 is 5.83. The lowest BCUT2D eigenvalue weighted by Crippen LogP contribution is -2.48. The number of aliphatic hydroxyl groups excluding tert-OH is 1. The summed E-state index contributed by atoms with van der Waals surface area (Å²) in [4.78, 5) is 3.71. The number of rotatable bonds is 2. The molecule has 1 aromatic rings. The van der Waals surface area contributed by atoms with Gasteiger partial charge in [-0.1, -0.05) is 0 Å². The van der Waals surface area contributed by atoms with E-state index in [2.05, 4.69) is 17.9 Å². The van der Waals surface area contributed by atoms with Crippen LogP contribution in [0.15, 0.2) is 11.4 Å². The molecule has 2 aliphatic rings. The Hall–Kier alpha value is -0.420. The van der Waals surface area contributed by atoms with E-state index in [1.165, 1.54) is 24.3 Å². The number of morpholine rings is 1. The van der Waals surface area contributed by atoms with Gasteiger partial charge in [-0.05, 0) is 43.3 Å². The molecule has 2 aliphatic heterocycles. The Balaban J connectivity index is 1.68. The zero-order valence-corrected chi connectivity index (χ0v) is 10.9. The molecule has 3 atom stereocenters. The Kier molecular flexibility index (Phi) is 3.21. The number of hydrogen-bond donors (Lipinski definition) is 1. The molecule has 94 valence electrons. The van der Waals surface area contributed by atoms with Gasteiger partial charge in [-0.2, -0.15) is 0 Å². The highest BCUT2D eigenvalue weighted by Gasteiger charge is 2.35. The largest absolute Gasteiger partial charge is 0.386 e. The molecular weight excluding hydrogens is 234 g/mol. The van der Waals surface area contributed by atoms with Crippen LogP contribution in [0.1, 0.15) is 29.4 Å². The van der Waals surface area contributed by atoms with Crippen LogP contribution in [-0.2, 0) is 4.74 Å². The topological polar surface area (TPSA) is 32.7 Å². The minimum Gasteiger partial charge on any atom is -0.386 e. The summed E-state index contributed by atoms with van der Waals surface area (Å²) in [5, 5.41) is 12.4. The lowest BCUT2D eigenvalue weighted by molar-refractivity contribution is -0.103. The lowest BCUT2D eigenvalue weighted by atomic mass is 10.0. The lowest BCUT2D eigenvalue weighted by Gasteiger charge is -2.37. The van der Waals surface area contributed by atoms with Crippen LogP contribution in [0.25, 0.3) is 0 Å². The molecule has 17 heavy (non-hydrogen) atoms. The summed E-state index contributed by atoms with van der Waals surface area (Å²) in [6.07, 6.45) is 1.99. The number of fused-ring (bicyclic) bond motifs is 1. The van der Waals surface area contributed by atoms with Gasteiger partial charge in [-0.15, -0.1) is 11.3 Å². The predicted molar refractivity (Wildman–Crippen MR) is 68.4 cm³/mol. The normalized spacial score (nSPS) is 31.4. The van der Waals surface area contributed by atoms with Crippen LogP contribution in [0.2, 0.25) is 0 Å². The number of ether oxygens (including phenoxy) is 1. The maximum Gasteiger partial charge on any atom is 0.107 e. The Morgan fingerprint density at radius 2 is 2.47 bits per heavy atom. The van der Waals surface area contributed by atoms with E-state index in [-0.39, 0.29) is 6.10 Å². The summed E-state index contributed by atoms with van der Waals surface area (Å²) in [7, 11) is 0. The minimum absolute atomic E-state index is 0.0571. The summed E-state index contributed by atoms with van der Waals surface area (Å²) in [5.74, 6) is 0. The fourth-order valence-electron chi connectivity index (χ4n) is 2.87. The molecule has 3 unspecified atom stereocenters. The van der Waals surface area contributed by atoms with Crippen molar-refractivity contribution in [1.82, 2.24) is 4.90 Å². The van der Waals surface area contributed by atoms with Crippen molar-refractivity contribution in [2.75, 3.05) is 19.7 Å². The van der Waals surface area contributed by atoms with Crippen molar-refractivity contribution < 1.29 is 9.84 Å². The van der Waals surface area contributed by atoms with Gasteiger partial charge in [0.15, 0.2) is 0 Å². The smallest absolute Gasteiger partial charge is 0.107 e. The maximum atomic E-state index is 10.3. The van der Waals surface area contributed by atoms with E-state index in [0.717, 1.165) is 18.7 Å².